The van der Waals surface area contributed by atoms with E-state index in [2.05, 4.69) is 38.8 Å². The molecule has 0 N–H and O–H groups in total. The first kappa shape index (κ1) is 13.1. The first-order valence-corrected chi connectivity index (χ1v) is 7.27. The van der Waals surface area contributed by atoms with Gasteiger partial charge in [-0.25, -0.2) is 0 Å². The molecule has 0 heterocycles. The van der Waals surface area contributed by atoms with Crippen LogP contribution in [0.25, 0.3) is 0 Å². The molecule has 1 aliphatic carbocycles. The Labute approximate surface area is 119 Å². The Bertz CT molecular complexity index is 427. The van der Waals surface area contributed by atoms with E-state index in [0.717, 1.165) is 27.0 Å². The number of benzene rings is 1. The molecule has 1 aliphatic rings. The normalized spacial score (nSPS) is 22.4. The highest BCUT2D eigenvalue weighted by Gasteiger charge is 2.34. The molecule has 1 saturated carbocycles. The number of halogens is 2. The lowest BCUT2D eigenvalue weighted by Crippen LogP contribution is -2.29. The Morgan fingerprint density at radius 1 is 1.35 bits per heavy atom. The summed E-state index contributed by atoms with van der Waals surface area (Å²) in [5.41, 5.74) is 0.724. The van der Waals surface area contributed by atoms with Crippen LogP contribution in [-0.2, 0) is 0 Å². The van der Waals surface area contributed by atoms with Gasteiger partial charge in [0.2, 0.25) is 0 Å². The highest BCUT2D eigenvalue weighted by Crippen LogP contribution is 2.38. The summed E-state index contributed by atoms with van der Waals surface area (Å²) in [5.74, 6) is 1.56. The first-order chi connectivity index (χ1) is 7.97. The number of carbonyl (C=O) groups excluding carboxylic acids is 1. The molecule has 0 radical (unpaired) electrons. The van der Waals surface area contributed by atoms with Crippen LogP contribution in [0.15, 0.2) is 27.1 Å². The van der Waals surface area contributed by atoms with Gasteiger partial charge in [-0.15, -0.1) is 0 Å². The zero-order valence-corrected chi connectivity index (χ0v) is 13.1. The minimum Gasteiger partial charge on any atom is -0.341 e. The van der Waals surface area contributed by atoms with Crippen molar-refractivity contribution in [3.05, 3.63) is 32.7 Å². The van der Waals surface area contributed by atoms with Crippen molar-refractivity contribution < 1.29 is 4.79 Å². The lowest BCUT2D eigenvalue weighted by Gasteiger charge is -2.17. The van der Waals surface area contributed by atoms with Crippen molar-refractivity contribution in [1.82, 2.24) is 4.90 Å². The molecular formula is C13H15Br2NO. The van der Waals surface area contributed by atoms with E-state index in [-0.39, 0.29) is 5.91 Å². The molecule has 2 rings (SSSR count). The van der Waals surface area contributed by atoms with Crippen LogP contribution in [-0.4, -0.2) is 24.4 Å². The molecule has 1 amide bonds. The van der Waals surface area contributed by atoms with E-state index in [9.17, 15) is 4.79 Å². The highest BCUT2D eigenvalue weighted by molar-refractivity contribution is 9.11. The number of amides is 1. The van der Waals surface area contributed by atoms with Gasteiger partial charge in [-0.3, -0.25) is 4.79 Å². The fraction of sp³-hybridized carbons (Fsp3) is 0.462. The maximum atomic E-state index is 12.2. The third kappa shape index (κ3) is 3.32. The molecule has 1 aromatic rings. The molecular weight excluding hydrogens is 346 g/mol. The standard InChI is InChI=1S/C13H15Br2NO/c1-8-3-10(8)7-16(2)13(17)9-4-11(14)6-12(15)5-9/h4-6,8,10H,3,7H2,1-2H3. The maximum absolute atomic E-state index is 12.2. The SMILES string of the molecule is CC1CC1CN(C)C(=O)c1cc(Br)cc(Br)c1. The average molecular weight is 361 g/mol. The first-order valence-electron chi connectivity index (χ1n) is 5.69. The van der Waals surface area contributed by atoms with Gasteiger partial charge in [0.1, 0.15) is 0 Å². The van der Waals surface area contributed by atoms with Gasteiger partial charge < -0.3 is 4.90 Å². The fourth-order valence-corrected chi connectivity index (χ4v) is 3.28. The summed E-state index contributed by atoms with van der Waals surface area (Å²) in [7, 11) is 1.88. The van der Waals surface area contributed by atoms with Crippen molar-refractivity contribution in [3.63, 3.8) is 0 Å². The van der Waals surface area contributed by atoms with E-state index in [0.29, 0.717) is 5.92 Å². The molecule has 0 saturated heterocycles. The molecule has 0 aromatic heterocycles. The molecule has 4 heteroatoms. The molecule has 0 bridgehead atoms. The van der Waals surface area contributed by atoms with Gasteiger partial charge in [0.15, 0.2) is 0 Å². The fourth-order valence-electron chi connectivity index (χ4n) is 1.99. The summed E-state index contributed by atoms with van der Waals surface area (Å²) in [6.07, 6.45) is 1.25. The highest BCUT2D eigenvalue weighted by atomic mass is 79.9. The lowest BCUT2D eigenvalue weighted by molar-refractivity contribution is 0.0787. The molecule has 1 fully saturated rings. The van der Waals surface area contributed by atoms with Gasteiger partial charge in [-0.2, -0.15) is 0 Å². The Kier molecular flexibility index (Phi) is 3.93. The van der Waals surface area contributed by atoms with Crippen molar-refractivity contribution in [2.45, 2.75) is 13.3 Å². The van der Waals surface area contributed by atoms with Crippen LogP contribution in [0.1, 0.15) is 23.7 Å². The zero-order valence-electron chi connectivity index (χ0n) is 9.91. The van der Waals surface area contributed by atoms with Crippen molar-refractivity contribution in [1.29, 1.82) is 0 Å². The van der Waals surface area contributed by atoms with Crippen molar-refractivity contribution >= 4 is 37.8 Å². The minimum atomic E-state index is 0.0890. The molecule has 92 valence electrons. The van der Waals surface area contributed by atoms with Crippen LogP contribution in [0.5, 0.6) is 0 Å². The number of hydrogen-bond donors (Lipinski definition) is 0. The van der Waals surface area contributed by atoms with Crippen LogP contribution in [0.4, 0.5) is 0 Å². The predicted molar refractivity (Wildman–Crippen MR) is 76.1 cm³/mol. The van der Waals surface area contributed by atoms with Crippen LogP contribution in [0.2, 0.25) is 0 Å². The molecule has 2 nitrogen and oxygen atoms in total. The van der Waals surface area contributed by atoms with E-state index in [1.807, 2.05) is 30.1 Å². The van der Waals surface area contributed by atoms with Gasteiger partial charge in [-0.1, -0.05) is 38.8 Å². The topological polar surface area (TPSA) is 20.3 Å². The second-order valence-corrected chi connectivity index (χ2v) is 6.65. The summed E-state index contributed by atoms with van der Waals surface area (Å²) in [4.78, 5) is 14.0. The van der Waals surface area contributed by atoms with Gasteiger partial charge in [0.05, 0.1) is 0 Å². The van der Waals surface area contributed by atoms with Crippen molar-refractivity contribution in [3.8, 4) is 0 Å². The molecule has 0 aliphatic heterocycles. The van der Waals surface area contributed by atoms with Crippen molar-refractivity contribution in [2.75, 3.05) is 13.6 Å². The average Bonchev–Trinajstić information content (AvgIpc) is 2.91. The Morgan fingerprint density at radius 2 is 1.88 bits per heavy atom. The Balaban J connectivity index is 2.07. The third-order valence-electron chi connectivity index (χ3n) is 3.24. The van der Waals surface area contributed by atoms with Gasteiger partial charge in [0, 0.05) is 28.1 Å². The summed E-state index contributed by atoms with van der Waals surface area (Å²) in [6.45, 7) is 3.10. The number of hydrogen-bond acceptors (Lipinski definition) is 1. The quantitative estimate of drug-likeness (QED) is 0.799. The van der Waals surface area contributed by atoms with Crippen LogP contribution < -0.4 is 0 Å². The van der Waals surface area contributed by atoms with E-state index in [1.165, 1.54) is 6.42 Å². The Morgan fingerprint density at radius 3 is 2.35 bits per heavy atom. The Hall–Kier alpha value is -0.350. The largest absolute Gasteiger partial charge is 0.341 e. The molecule has 17 heavy (non-hydrogen) atoms. The smallest absolute Gasteiger partial charge is 0.253 e. The molecule has 1 aromatic carbocycles. The number of nitrogens with zero attached hydrogens (tertiary/aromatic N) is 1. The zero-order chi connectivity index (χ0) is 12.6. The van der Waals surface area contributed by atoms with E-state index in [1.54, 1.807) is 0 Å². The summed E-state index contributed by atoms with van der Waals surface area (Å²) < 4.78 is 1.84. The molecule has 2 unspecified atom stereocenters. The van der Waals surface area contributed by atoms with E-state index >= 15 is 0 Å². The minimum absolute atomic E-state index is 0.0890. The lowest BCUT2D eigenvalue weighted by atomic mass is 10.2. The third-order valence-corrected chi connectivity index (χ3v) is 4.16. The van der Waals surface area contributed by atoms with E-state index in [4.69, 9.17) is 0 Å². The van der Waals surface area contributed by atoms with Crippen LogP contribution in [0.3, 0.4) is 0 Å². The maximum Gasteiger partial charge on any atom is 0.253 e. The van der Waals surface area contributed by atoms with Gasteiger partial charge in [0.25, 0.3) is 5.91 Å². The second kappa shape index (κ2) is 5.11. The summed E-state index contributed by atoms with van der Waals surface area (Å²) in [5, 5.41) is 0. The van der Waals surface area contributed by atoms with Gasteiger partial charge in [-0.05, 0) is 36.5 Å². The molecule has 0 spiro atoms. The summed E-state index contributed by atoms with van der Waals surface area (Å²) >= 11 is 6.80. The van der Waals surface area contributed by atoms with Crippen LogP contribution in [0, 0.1) is 11.8 Å². The van der Waals surface area contributed by atoms with E-state index < -0.39 is 0 Å². The van der Waals surface area contributed by atoms with Gasteiger partial charge >= 0.3 is 0 Å². The number of rotatable bonds is 3. The monoisotopic (exact) mass is 359 g/mol. The molecule has 2 atom stereocenters. The number of carbonyl (C=O) groups is 1. The second-order valence-electron chi connectivity index (χ2n) is 4.82. The van der Waals surface area contributed by atoms with Crippen LogP contribution >= 0.6 is 31.9 Å². The predicted octanol–water partition coefficient (Wildman–Crippen LogP) is 3.94. The summed E-state index contributed by atoms with van der Waals surface area (Å²) in [6, 6.07) is 5.65. The van der Waals surface area contributed by atoms with Crippen molar-refractivity contribution in [2.24, 2.45) is 11.8 Å².